The van der Waals surface area contributed by atoms with Gasteiger partial charge >= 0.3 is 0 Å². The minimum absolute atomic E-state index is 0.000618. The second-order valence-corrected chi connectivity index (χ2v) is 7.68. The molecule has 8 heteroatoms. The zero-order chi connectivity index (χ0) is 18.8. The van der Waals surface area contributed by atoms with Crippen LogP contribution in [-0.2, 0) is 0 Å². The number of hydrogen-bond donors (Lipinski definition) is 4. The molecule has 6 nitrogen and oxygen atoms in total. The van der Waals surface area contributed by atoms with Crippen LogP contribution in [0.15, 0.2) is 18.2 Å². The number of aliphatic hydroxyl groups excluding tert-OH is 1. The van der Waals surface area contributed by atoms with E-state index in [1.807, 2.05) is 19.9 Å². The molecular weight excluding hydrogens is 375 g/mol. The van der Waals surface area contributed by atoms with Gasteiger partial charge in [0.25, 0.3) is 0 Å². The van der Waals surface area contributed by atoms with Gasteiger partial charge in [-0.05, 0) is 30.9 Å². The van der Waals surface area contributed by atoms with Crippen molar-refractivity contribution < 1.29 is 10.2 Å². The molecule has 0 amide bonds. The van der Waals surface area contributed by atoms with Crippen LogP contribution in [0.4, 0.5) is 17.5 Å². The first-order chi connectivity index (χ1) is 12.4. The number of aromatic hydroxyl groups is 1. The summed E-state index contributed by atoms with van der Waals surface area (Å²) in [6, 6.07) is 4.94. The number of nitrogens with zero attached hydrogens (tertiary/aromatic N) is 2. The summed E-state index contributed by atoms with van der Waals surface area (Å²) in [7, 11) is 0. The predicted molar refractivity (Wildman–Crippen MR) is 105 cm³/mol. The molecule has 26 heavy (non-hydrogen) atoms. The lowest BCUT2D eigenvalue weighted by Crippen LogP contribution is -2.30. The van der Waals surface area contributed by atoms with Crippen molar-refractivity contribution in [3.63, 3.8) is 0 Å². The normalized spacial score (nSPS) is 15.2. The molecular formula is C18H22Cl2N4O2. The fourth-order valence-corrected chi connectivity index (χ4v) is 3.04. The Morgan fingerprint density at radius 3 is 2.35 bits per heavy atom. The number of aliphatic hydroxyl groups is 1. The van der Waals surface area contributed by atoms with Crippen LogP contribution in [0.5, 0.6) is 5.75 Å². The summed E-state index contributed by atoms with van der Waals surface area (Å²) in [4.78, 5) is 9.09. The van der Waals surface area contributed by atoms with Crippen LogP contribution in [0.3, 0.4) is 0 Å². The molecule has 3 rings (SSSR count). The lowest BCUT2D eigenvalue weighted by atomic mass is 10.1. The van der Waals surface area contributed by atoms with Crippen LogP contribution >= 0.6 is 23.2 Å². The number of halogens is 2. The summed E-state index contributed by atoms with van der Waals surface area (Å²) >= 11 is 12.0. The molecule has 2 aromatic rings. The molecule has 1 aliphatic rings. The molecule has 1 atom stereocenters. The molecule has 1 fully saturated rings. The Kier molecular flexibility index (Phi) is 5.75. The van der Waals surface area contributed by atoms with Crippen molar-refractivity contribution in [2.75, 3.05) is 17.2 Å². The molecule has 0 bridgehead atoms. The molecule has 1 saturated carbocycles. The number of anilines is 3. The van der Waals surface area contributed by atoms with Crippen LogP contribution in [0, 0.1) is 5.92 Å². The van der Waals surface area contributed by atoms with E-state index in [-0.39, 0.29) is 34.4 Å². The smallest absolute Gasteiger partial charge is 0.225 e. The molecule has 0 saturated heterocycles. The zero-order valence-corrected chi connectivity index (χ0v) is 16.1. The van der Waals surface area contributed by atoms with Crippen molar-refractivity contribution >= 4 is 40.7 Å². The van der Waals surface area contributed by atoms with E-state index in [9.17, 15) is 10.2 Å². The third kappa shape index (κ3) is 4.50. The van der Waals surface area contributed by atoms with Crippen molar-refractivity contribution in [1.82, 2.24) is 9.97 Å². The van der Waals surface area contributed by atoms with Crippen molar-refractivity contribution in [1.29, 1.82) is 0 Å². The van der Waals surface area contributed by atoms with Crippen molar-refractivity contribution in [2.24, 2.45) is 5.92 Å². The summed E-state index contributed by atoms with van der Waals surface area (Å²) in [5, 5.41) is 25.9. The average molecular weight is 397 g/mol. The molecule has 1 aromatic heterocycles. The lowest BCUT2D eigenvalue weighted by molar-refractivity contribution is 0.248. The third-order valence-electron chi connectivity index (χ3n) is 4.35. The van der Waals surface area contributed by atoms with Gasteiger partial charge in [-0.25, -0.2) is 4.98 Å². The van der Waals surface area contributed by atoms with Crippen LogP contribution in [0.2, 0.25) is 10.0 Å². The predicted octanol–water partition coefficient (Wildman–Crippen LogP) is 4.54. The Hall–Kier alpha value is -1.76. The highest BCUT2D eigenvalue weighted by atomic mass is 35.5. The number of phenolic OH excluding ortho intramolecular Hbond substituents is 1. The lowest BCUT2D eigenvalue weighted by Gasteiger charge is -2.20. The number of nitrogens with one attached hydrogen (secondary N) is 2. The maximum absolute atomic E-state index is 9.69. The number of aromatic nitrogens is 2. The van der Waals surface area contributed by atoms with Crippen molar-refractivity contribution in [3.8, 4) is 5.75 Å². The fraction of sp³-hybridized carbons (Fsp3) is 0.444. The van der Waals surface area contributed by atoms with Gasteiger partial charge in [-0.2, -0.15) is 4.98 Å². The topological polar surface area (TPSA) is 90.3 Å². The summed E-state index contributed by atoms with van der Waals surface area (Å²) in [6.07, 6.45) is 2.22. The van der Waals surface area contributed by atoms with Gasteiger partial charge in [-0.3, -0.25) is 0 Å². The summed E-state index contributed by atoms with van der Waals surface area (Å²) in [5.41, 5.74) is 1.58. The van der Waals surface area contributed by atoms with Crippen LogP contribution < -0.4 is 10.6 Å². The van der Waals surface area contributed by atoms with Gasteiger partial charge in [0.15, 0.2) is 5.75 Å². The third-order valence-corrected chi connectivity index (χ3v) is 4.92. The molecule has 0 aliphatic heterocycles. The molecule has 0 unspecified atom stereocenters. The quantitative estimate of drug-likeness (QED) is 0.513. The van der Waals surface area contributed by atoms with E-state index in [1.165, 1.54) is 0 Å². The van der Waals surface area contributed by atoms with Gasteiger partial charge in [0, 0.05) is 17.7 Å². The van der Waals surface area contributed by atoms with Crippen LogP contribution in [0.1, 0.15) is 38.3 Å². The Bertz CT molecular complexity index is 774. The van der Waals surface area contributed by atoms with E-state index in [1.54, 1.807) is 12.1 Å². The van der Waals surface area contributed by atoms with Crippen LogP contribution in [0.25, 0.3) is 0 Å². The molecule has 4 N–H and O–H groups in total. The first-order valence-electron chi connectivity index (χ1n) is 8.58. The fourth-order valence-electron chi connectivity index (χ4n) is 2.56. The highest BCUT2D eigenvalue weighted by Crippen LogP contribution is 2.40. The SMILES string of the molecule is CC(C)[C@H](CO)Nc1nc(Nc2cc(Cl)c(O)c(Cl)c2)cc(C2CC2)n1. The second-order valence-electron chi connectivity index (χ2n) is 6.87. The minimum atomic E-state index is -0.148. The summed E-state index contributed by atoms with van der Waals surface area (Å²) in [5.74, 6) is 1.60. The molecule has 1 aromatic carbocycles. The molecule has 0 spiro atoms. The van der Waals surface area contributed by atoms with E-state index in [0.717, 1.165) is 18.5 Å². The van der Waals surface area contributed by atoms with Gasteiger partial charge in [0.05, 0.1) is 28.4 Å². The van der Waals surface area contributed by atoms with E-state index >= 15 is 0 Å². The monoisotopic (exact) mass is 396 g/mol. The first kappa shape index (κ1) is 19.0. The van der Waals surface area contributed by atoms with Gasteiger partial charge in [0.2, 0.25) is 5.95 Å². The zero-order valence-electron chi connectivity index (χ0n) is 14.6. The Balaban J connectivity index is 1.88. The van der Waals surface area contributed by atoms with E-state index in [0.29, 0.717) is 23.4 Å². The maximum atomic E-state index is 9.69. The van der Waals surface area contributed by atoms with E-state index < -0.39 is 0 Å². The van der Waals surface area contributed by atoms with Gasteiger partial charge in [0.1, 0.15) is 5.82 Å². The number of rotatable bonds is 7. The highest BCUT2D eigenvalue weighted by molar-refractivity contribution is 6.37. The van der Waals surface area contributed by atoms with Gasteiger partial charge in [-0.1, -0.05) is 37.0 Å². The Morgan fingerprint density at radius 1 is 1.15 bits per heavy atom. The number of hydrogen-bond acceptors (Lipinski definition) is 6. The number of phenols is 1. The maximum Gasteiger partial charge on any atom is 0.225 e. The van der Waals surface area contributed by atoms with E-state index in [2.05, 4.69) is 20.6 Å². The Morgan fingerprint density at radius 2 is 1.81 bits per heavy atom. The summed E-state index contributed by atoms with van der Waals surface area (Å²) in [6.45, 7) is 4.05. The second kappa shape index (κ2) is 7.86. The summed E-state index contributed by atoms with van der Waals surface area (Å²) < 4.78 is 0. The van der Waals surface area contributed by atoms with Crippen molar-refractivity contribution in [3.05, 3.63) is 33.9 Å². The van der Waals surface area contributed by atoms with E-state index in [4.69, 9.17) is 23.2 Å². The molecule has 0 radical (unpaired) electrons. The van der Waals surface area contributed by atoms with Crippen LogP contribution in [-0.4, -0.2) is 32.8 Å². The van der Waals surface area contributed by atoms with Gasteiger partial charge in [-0.15, -0.1) is 0 Å². The largest absolute Gasteiger partial charge is 0.505 e. The molecule has 1 heterocycles. The average Bonchev–Trinajstić information content (AvgIpc) is 3.42. The minimum Gasteiger partial charge on any atom is -0.505 e. The molecule has 1 aliphatic carbocycles. The Labute approximate surface area is 162 Å². The first-order valence-corrected chi connectivity index (χ1v) is 9.34. The molecule has 140 valence electrons. The van der Waals surface area contributed by atoms with Crippen molar-refractivity contribution in [2.45, 2.75) is 38.6 Å². The van der Waals surface area contributed by atoms with Gasteiger partial charge < -0.3 is 20.8 Å². The standard InChI is InChI=1S/C18H22Cl2N4O2/c1-9(2)15(8-25)23-18-22-14(10-3-4-10)7-16(24-18)21-11-5-12(19)17(26)13(20)6-11/h5-7,9-10,15,25-26H,3-4,8H2,1-2H3,(H2,21,22,23,24)/t15-/m0/s1. The number of benzene rings is 1. The highest BCUT2D eigenvalue weighted by Gasteiger charge is 2.27.